The number of nitrogen functional groups attached to an aromatic ring is 1. The summed E-state index contributed by atoms with van der Waals surface area (Å²) in [6.07, 6.45) is 4.14. The molecule has 3 aliphatic carbocycles. The molecule has 4 unspecified atom stereocenters. The van der Waals surface area contributed by atoms with E-state index in [-0.39, 0.29) is 0 Å². The minimum absolute atomic E-state index is 0.340. The summed E-state index contributed by atoms with van der Waals surface area (Å²) in [5.41, 5.74) is 7.69. The van der Waals surface area contributed by atoms with Crippen LogP contribution in [0.4, 0.5) is 5.69 Å². The summed E-state index contributed by atoms with van der Waals surface area (Å²) in [5, 5.41) is 0. The standard InChI is InChI=1S/C17H22N2O/c1-19(9-10-3-2-4-13(18)7-10)17(20)16-14-11-5-6-12(8-11)15(14)16/h2-4,7,11-12,14-16H,5-6,8-9,18H2,1H3. The van der Waals surface area contributed by atoms with E-state index >= 15 is 0 Å². The first kappa shape index (κ1) is 12.2. The Morgan fingerprint density at radius 3 is 2.65 bits per heavy atom. The lowest BCUT2D eigenvalue weighted by Crippen LogP contribution is -2.29. The number of nitrogens with zero attached hydrogens (tertiary/aromatic N) is 1. The second kappa shape index (κ2) is 4.24. The van der Waals surface area contributed by atoms with Crippen LogP contribution in [0.3, 0.4) is 0 Å². The van der Waals surface area contributed by atoms with Gasteiger partial charge in [0.25, 0.3) is 0 Å². The first-order valence-electron chi connectivity index (χ1n) is 7.74. The van der Waals surface area contributed by atoms with E-state index in [1.54, 1.807) is 0 Å². The van der Waals surface area contributed by atoms with Crippen molar-refractivity contribution in [3.05, 3.63) is 29.8 Å². The molecule has 20 heavy (non-hydrogen) atoms. The highest BCUT2D eigenvalue weighted by Gasteiger charge is 2.67. The quantitative estimate of drug-likeness (QED) is 0.858. The third-order valence-corrected chi connectivity index (χ3v) is 5.77. The van der Waals surface area contributed by atoms with Gasteiger partial charge in [0.2, 0.25) is 5.91 Å². The van der Waals surface area contributed by atoms with E-state index in [1.165, 1.54) is 19.3 Å². The lowest BCUT2D eigenvalue weighted by Gasteiger charge is -2.19. The fourth-order valence-corrected chi connectivity index (χ4v) is 4.95. The van der Waals surface area contributed by atoms with Gasteiger partial charge in [0.05, 0.1) is 0 Å². The van der Waals surface area contributed by atoms with Crippen LogP contribution in [0.1, 0.15) is 24.8 Å². The van der Waals surface area contributed by atoms with Crippen LogP contribution in [0.15, 0.2) is 24.3 Å². The first-order chi connectivity index (χ1) is 9.65. The molecule has 106 valence electrons. The highest BCUT2D eigenvalue weighted by atomic mass is 16.2. The normalized spacial score (nSPS) is 36.8. The Bertz CT molecular complexity index is 540. The third kappa shape index (κ3) is 1.75. The van der Waals surface area contributed by atoms with Crippen molar-refractivity contribution in [2.45, 2.75) is 25.8 Å². The van der Waals surface area contributed by atoms with E-state index in [0.717, 1.165) is 34.9 Å². The zero-order valence-electron chi connectivity index (χ0n) is 12.0. The number of carbonyl (C=O) groups is 1. The van der Waals surface area contributed by atoms with Gasteiger partial charge in [0.1, 0.15) is 0 Å². The highest BCUT2D eigenvalue weighted by molar-refractivity contribution is 5.82. The van der Waals surface area contributed by atoms with Crippen LogP contribution in [-0.4, -0.2) is 17.9 Å². The Balaban J connectivity index is 1.42. The molecule has 2 N–H and O–H groups in total. The predicted octanol–water partition coefficient (Wildman–Crippen LogP) is 2.52. The summed E-state index contributed by atoms with van der Waals surface area (Å²) < 4.78 is 0. The number of amides is 1. The van der Waals surface area contributed by atoms with Gasteiger partial charge in [-0.2, -0.15) is 0 Å². The molecule has 0 radical (unpaired) electrons. The van der Waals surface area contributed by atoms with Crippen molar-refractivity contribution in [1.29, 1.82) is 0 Å². The van der Waals surface area contributed by atoms with Gasteiger partial charge in [-0.15, -0.1) is 0 Å². The van der Waals surface area contributed by atoms with Crippen LogP contribution in [0.5, 0.6) is 0 Å². The molecule has 3 aliphatic rings. The smallest absolute Gasteiger partial charge is 0.226 e. The van der Waals surface area contributed by atoms with Gasteiger partial charge in [0.15, 0.2) is 0 Å². The zero-order valence-corrected chi connectivity index (χ0v) is 12.0. The van der Waals surface area contributed by atoms with Crippen molar-refractivity contribution < 1.29 is 4.79 Å². The number of anilines is 1. The van der Waals surface area contributed by atoms with E-state index in [0.29, 0.717) is 18.4 Å². The molecule has 3 saturated carbocycles. The van der Waals surface area contributed by atoms with Crippen molar-refractivity contribution in [2.75, 3.05) is 12.8 Å². The summed E-state index contributed by atoms with van der Waals surface area (Å²) >= 11 is 0. The van der Waals surface area contributed by atoms with Gasteiger partial charge >= 0.3 is 0 Å². The molecule has 0 aliphatic heterocycles. The summed E-state index contributed by atoms with van der Waals surface area (Å²) in [4.78, 5) is 14.5. The van der Waals surface area contributed by atoms with Gasteiger partial charge in [-0.1, -0.05) is 12.1 Å². The van der Waals surface area contributed by atoms with Gasteiger partial charge in [0, 0.05) is 25.2 Å². The minimum Gasteiger partial charge on any atom is -0.399 e. The van der Waals surface area contributed by atoms with Crippen LogP contribution in [0, 0.1) is 29.6 Å². The zero-order chi connectivity index (χ0) is 13.9. The molecule has 1 amide bonds. The van der Waals surface area contributed by atoms with E-state index in [2.05, 4.69) is 0 Å². The first-order valence-corrected chi connectivity index (χ1v) is 7.74. The molecule has 3 heteroatoms. The molecule has 3 fully saturated rings. The minimum atomic E-state index is 0.340. The second-order valence-corrected chi connectivity index (χ2v) is 6.95. The molecule has 1 aromatic rings. The molecule has 3 nitrogen and oxygen atoms in total. The van der Waals surface area contributed by atoms with Crippen LogP contribution >= 0.6 is 0 Å². The highest BCUT2D eigenvalue weighted by Crippen LogP contribution is 2.69. The largest absolute Gasteiger partial charge is 0.399 e. The molecule has 2 bridgehead atoms. The molecular formula is C17H22N2O. The molecule has 1 aromatic carbocycles. The number of hydrogen-bond donors (Lipinski definition) is 1. The number of rotatable bonds is 3. The molecule has 0 aromatic heterocycles. The average Bonchev–Trinajstić information content (AvgIpc) is 2.85. The summed E-state index contributed by atoms with van der Waals surface area (Å²) in [5.74, 6) is 3.87. The topological polar surface area (TPSA) is 46.3 Å². The molecule has 0 spiro atoms. The lowest BCUT2D eigenvalue weighted by atomic mass is 10.0. The number of nitrogens with two attached hydrogens (primary N) is 1. The fraction of sp³-hybridized carbons (Fsp3) is 0.588. The number of carbonyl (C=O) groups excluding carboxylic acids is 1. The molecule has 4 atom stereocenters. The third-order valence-electron chi connectivity index (χ3n) is 5.77. The lowest BCUT2D eigenvalue weighted by molar-refractivity contribution is -0.132. The van der Waals surface area contributed by atoms with Crippen molar-refractivity contribution >= 4 is 11.6 Å². The Morgan fingerprint density at radius 2 is 2.00 bits per heavy atom. The van der Waals surface area contributed by atoms with Crippen LogP contribution in [0.25, 0.3) is 0 Å². The monoisotopic (exact) mass is 270 g/mol. The number of fused-ring (bicyclic) bond motifs is 5. The Hall–Kier alpha value is -1.51. The van der Waals surface area contributed by atoms with Crippen molar-refractivity contribution in [3.63, 3.8) is 0 Å². The van der Waals surface area contributed by atoms with Crippen LogP contribution < -0.4 is 5.73 Å². The van der Waals surface area contributed by atoms with Crippen molar-refractivity contribution in [1.82, 2.24) is 4.90 Å². The maximum absolute atomic E-state index is 12.6. The van der Waals surface area contributed by atoms with Gasteiger partial charge in [-0.05, 0) is 60.6 Å². The van der Waals surface area contributed by atoms with E-state index in [4.69, 9.17) is 5.73 Å². The van der Waals surface area contributed by atoms with Gasteiger partial charge in [-0.3, -0.25) is 4.79 Å². The maximum atomic E-state index is 12.6. The Labute approximate surface area is 120 Å². The van der Waals surface area contributed by atoms with E-state index in [1.807, 2.05) is 36.2 Å². The summed E-state index contributed by atoms with van der Waals surface area (Å²) in [7, 11) is 1.93. The summed E-state index contributed by atoms with van der Waals surface area (Å²) in [6.45, 7) is 0.676. The molecular weight excluding hydrogens is 248 g/mol. The molecule has 0 saturated heterocycles. The van der Waals surface area contributed by atoms with E-state index < -0.39 is 0 Å². The van der Waals surface area contributed by atoms with Crippen LogP contribution in [0.2, 0.25) is 0 Å². The van der Waals surface area contributed by atoms with Crippen molar-refractivity contribution in [3.8, 4) is 0 Å². The second-order valence-electron chi connectivity index (χ2n) is 6.95. The number of benzene rings is 1. The van der Waals surface area contributed by atoms with Gasteiger partial charge in [-0.25, -0.2) is 0 Å². The predicted molar refractivity (Wildman–Crippen MR) is 78.6 cm³/mol. The van der Waals surface area contributed by atoms with Gasteiger partial charge < -0.3 is 10.6 Å². The fourth-order valence-electron chi connectivity index (χ4n) is 4.95. The number of hydrogen-bond acceptors (Lipinski definition) is 2. The van der Waals surface area contributed by atoms with Crippen molar-refractivity contribution in [2.24, 2.45) is 29.6 Å². The average molecular weight is 270 g/mol. The molecule has 0 heterocycles. The summed E-state index contributed by atoms with van der Waals surface area (Å²) in [6, 6.07) is 7.84. The Kier molecular flexibility index (Phi) is 2.60. The molecule has 4 rings (SSSR count). The van der Waals surface area contributed by atoms with Crippen LogP contribution in [-0.2, 0) is 11.3 Å². The SMILES string of the molecule is CN(Cc1cccc(N)c1)C(=O)C1C2C3CCC(C3)C12. The maximum Gasteiger partial charge on any atom is 0.226 e. The van der Waals surface area contributed by atoms with E-state index in [9.17, 15) is 4.79 Å². The Morgan fingerprint density at radius 1 is 1.30 bits per heavy atom.